The molecule has 0 aromatic carbocycles. The fourth-order valence-corrected chi connectivity index (χ4v) is 1.19. The molecule has 0 amide bonds. The van der Waals surface area contributed by atoms with Gasteiger partial charge < -0.3 is 5.32 Å². The number of alkyl halides is 2. The minimum Gasteiger partial charge on any atom is -0.307 e. The molecule has 1 N–H and O–H groups in total. The van der Waals surface area contributed by atoms with E-state index in [0.29, 0.717) is 5.75 Å². The van der Waals surface area contributed by atoms with Crippen molar-refractivity contribution in [2.75, 3.05) is 12.3 Å². The first-order valence-corrected chi connectivity index (χ1v) is 3.49. The van der Waals surface area contributed by atoms with Crippen molar-refractivity contribution in [3.8, 4) is 0 Å². The third-order valence-electron chi connectivity index (χ3n) is 1.41. The zero-order valence-corrected chi connectivity index (χ0v) is 5.80. The van der Waals surface area contributed by atoms with Gasteiger partial charge in [-0.15, -0.1) is 0 Å². The molecule has 0 aromatic rings. The van der Waals surface area contributed by atoms with E-state index in [1.807, 2.05) is 0 Å². The molecule has 1 fully saturated rings. The summed E-state index contributed by atoms with van der Waals surface area (Å²) < 4.78 is 24.6. The van der Waals surface area contributed by atoms with E-state index in [4.69, 9.17) is 0 Å². The normalized spacial score (nSPS) is 33.0. The molecule has 1 aliphatic rings. The second-order valence-electron chi connectivity index (χ2n) is 2.32. The van der Waals surface area contributed by atoms with Gasteiger partial charge in [0.25, 0.3) is 5.92 Å². The van der Waals surface area contributed by atoms with Gasteiger partial charge in [-0.25, -0.2) is 8.78 Å². The molecule has 0 bridgehead atoms. The first kappa shape index (κ1) is 7.28. The molecular formula is C5H9F2NS. The lowest BCUT2D eigenvalue weighted by Gasteiger charge is -2.04. The number of nitrogens with one attached hydrogen (secondary N) is 1. The van der Waals surface area contributed by atoms with Crippen molar-refractivity contribution in [1.82, 2.24) is 5.32 Å². The molecule has 1 unspecified atom stereocenters. The van der Waals surface area contributed by atoms with E-state index in [0.717, 1.165) is 0 Å². The van der Waals surface area contributed by atoms with Crippen molar-refractivity contribution >= 4 is 12.6 Å². The topological polar surface area (TPSA) is 12.0 Å². The lowest BCUT2D eigenvalue weighted by atomic mass is 10.2. The third-order valence-corrected chi connectivity index (χ3v) is 1.86. The van der Waals surface area contributed by atoms with Crippen LogP contribution in [0.1, 0.15) is 6.42 Å². The molecule has 0 saturated carbocycles. The lowest BCUT2D eigenvalue weighted by molar-refractivity contribution is 0.0217. The van der Waals surface area contributed by atoms with Crippen molar-refractivity contribution in [3.63, 3.8) is 0 Å². The standard InChI is InChI=1S/C5H9F2NS/c6-5(7)1-4(2-9)8-3-5/h4,8-9H,1-3H2. The maximum atomic E-state index is 12.3. The second-order valence-corrected chi connectivity index (χ2v) is 2.69. The van der Waals surface area contributed by atoms with Crippen LogP contribution in [-0.2, 0) is 0 Å². The molecule has 1 heterocycles. The number of hydrogen-bond acceptors (Lipinski definition) is 2. The first-order valence-electron chi connectivity index (χ1n) is 2.86. The van der Waals surface area contributed by atoms with E-state index in [9.17, 15) is 8.78 Å². The predicted molar refractivity (Wildman–Crippen MR) is 35.2 cm³/mol. The molecule has 0 aromatic heterocycles. The van der Waals surface area contributed by atoms with Crippen LogP contribution in [0, 0.1) is 0 Å². The summed E-state index contributed by atoms with van der Waals surface area (Å²) in [5.41, 5.74) is 0. The van der Waals surface area contributed by atoms with Crippen molar-refractivity contribution in [3.05, 3.63) is 0 Å². The quantitative estimate of drug-likeness (QED) is 0.534. The van der Waals surface area contributed by atoms with Crippen LogP contribution in [0.5, 0.6) is 0 Å². The zero-order valence-electron chi connectivity index (χ0n) is 4.90. The molecule has 1 rings (SSSR count). The van der Waals surface area contributed by atoms with Gasteiger partial charge in [0.2, 0.25) is 0 Å². The van der Waals surface area contributed by atoms with Crippen LogP contribution in [0.3, 0.4) is 0 Å². The summed E-state index contributed by atoms with van der Waals surface area (Å²) in [7, 11) is 0. The van der Waals surface area contributed by atoms with Crippen LogP contribution in [0.4, 0.5) is 8.78 Å². The van der Waals surface area contributed by atoms with E-state index in [1.165, 1.54) is 0 Å². The van der Waals surface area contributed by atoms with Gasteiger partial charge in [0.15, 0.2) is 0 Å². The van der Waals surface area contributed by atoms with Crippen LogP contribution in [0.15, 0.2) is 0 Å². The highest BCUT2D eigenvalue weighted by molar-refractivity contribution is 7.80. The molecule has 1 atom stereocenters. The van der Waals surface area contributed by atoms with Gasteiger partial charge in [0.1, 0.15) is 0 Å². The Labute approximate surface area is 58.2 Å². The number of halogens is 2. The van der Waals surface area contributed by atoms with Crippen LogP contribution in [-0.4, -0.2) is 24.3 Å². The van der Waals surface area contributed by atoms with Gasteiger partial charge in [0.05, 0.1) is 6.54 Å². The average molecular weight is 153 g/mol. The van der Waals surface area contributed by atoms with Gasteiger partial charge >= 0.3 is 0 Å². The van der Waals surface area contributed by atoms with Gasteiger partial charge in [0, 0.05) is 18.2 Å². The van der Waals surface area contributed by atoms with Crippen molar-refractivity contribution in [1.29, 1.82) is 0 Å². The zero-order chi connectivity index (χ0) is 6.91. The Kier molecular flexibility index (Phi) is 1.96. The van der Waals surface area contributed by atoms with Crippen molar-refractivity contribution < 1.29 is 8.78 Å². The fourth-order valence-electron chi connectivity index (χ4n) is 0.928. The predicted octanol–water partition coefficient (Wildman–Crippen LogP) is 0.913. The highest BCUT2D eigenvalue weighted by atomic mass is 32.1. The summed E-state index contributed by atoms with van der Waals surface area (Å²) in [6.45, 7) is -0.182. The summed E-state index contributed by atoms with van der Waals surface area (Å²) in [5.74, 6) is -2.00. The van der Waals surface area contributed by atoms with Crippen LogP contribution in [0.25, 0.3) is 0 Å². The van der Waals surface area contributed by atoms with E-state index < -0.39 is 5.92 Å². The highest BCUT2D eigenvalue weighted by Crippen LogP contribution is 2.25. The Bertz CT molecular complexity index is 107. The van der Waals surface area contributed by atoms with Crippen LogP contribution in [0.2, 0.25) is 0 Å². The molecule has 1 aliphatic heterocycles. The third kappa shape index (κ3) is 1.79. The molecule has 1 nitrogen and oxygen atoms in total. The highest BCUT2D eigenvalue weighted by Gasteiger charge is 2.38. The monoisotopic (exact) mass is 153 g/mol. The van der Waals surface area contributed by atoms with Crippen LogP contribution >= 0.6 is 12.6 Å². The minimum absolute atomic E-state index is 0.0590. The molecule has 4 heteroatoms. The van der Waals surface area contributed by atoms with E-state index in [2.05, 4.69) is 17.9 Å². The summed E-state index contributed by atoms with van der Waals surface area (Å²) in [6, 6.07) is -0.0941. The summed E-state index contributed by atoms with van der Waals surface area (Å²) >= 11 is 3.90. The number of thiol groups is 1. The van der Waals surface area contributed by atoms with E-state index in [-0.39, 0.29) is 19.0 Å². The molecule has 0 radical (unpaired) electrons. The number of rotatable bonds is 1. The van der Waals surface area contributed by atoms with Crippen molar-refractivity contribution in [2.24, 2.45) is 0 Å². The number of hydrogen-bond donors (Lipinski definition) is 2. The van der Waals surface area contributed by atoms with Gasteiger partial charge in [-0.3, -0.25) is 0 Å². The maximum absolute atomic E-state index is 12.3. The Morgan fingerprint density at radius 2 is 2.33 bits per heavy atom. The van der Waals surface area contributed by atoms with Gasteiger partial charge in [-0.05, 0) is 0 Å². The van der Waals surface area contributed by atoms with Crippen molar-refractivity contribution in [2.45, 2.75) is 18.4 Å². The van der Waals surface area contributed by atoms with Crippen LogP contribution < -0.4 is 5.32 Å². The molecule has 0 spiro atoms. The Hall–Kier alpha value is 0.170. The van der Waals surface area contributed by atoms with Gasteiger partial charge in [-0.2, -0.15) is 12.6 Å². The largest absolute Gasteiger partial charge is 0.307 e. The average Bonchev–Trinajstić information content (AvgIpc) is 2.10. The molecular weight excluding hydrogens is 144 g/mol. The Morgan fingerprint density at radius 1 is 1.67 bits per heavy atom. The molecule has 1 saturated heterocycles. The Morgan fingerprint density at radius 3 is 2.56 bits per heavy atom. The molecule has 0 aliphatic carbocycles. The minimum atomic E-state index is -2.49. The van der Waals surface area contributed by atoms with Gasteiger partial charge in [-0.1, -0.05) is 0 Å². The van der Waals surface area contributed by atoms with E-state index in [1.54, 1.807) is 0 Å². The fraction of sp³-hybridized carbons (Fsp3) is 1.00. The maximum Gasteiger partial charge on any atom is 0.261 e. The Balaban J connectivity index is 2.38. The summed E-state index contributed by atoms with van der Waals surface area (Å²) in [5, 5.41) is 2.67. The smallest absolute Gasteiger partial charge is 0.261 e. The summed E-state index contributed by atoms with van der Waals surface area (Å²) in [6.07, 6.45) is -0.0590. The molecule has 54 valence electrons. The summed E-state index contributed by atoms with van der Waals surface area (Å²) in [4.78, 5) is 0. The lowest BCUT2D eigenvalue weighted by Crippen LogP contribution is -2.23. The SMILES string of the molecule is FC1(F)CNC(CS)C1. The second kappa shape index (κ2) is 2.42. The molecule has 9 heavy (non-hydrogen) atoms. The van der Waals surface area contributed by atoms with E-state index >= 15 is 0 Å². The first-order chi connectivity index (χ1) is 4.14.